The molecular formula is C37H96N4O8P2S6. The van der Waals surface area contributed by atoms with Crippen molar-refractivity contribution in [1.29, 1.82) is 9.56 Å². The smallest absolute Gasteiger partial charge is 0.0869 e. The van der Waals surface area contributed by atoms with E-state index in [9.17, 15) is 34.4 Å². The molecule has 0 aromatic rings. The lowest BCUT2D eigenvalue weighted by atomic mass is 10.6. The monoisotopic (exact) mass is 979 g/mol. The first kappa shape index (κ1) is 75.0. The highest BCUT2D eigenvalue weighted by molar-refractivity contribution is 8.01. The van der Waals surface area contributed by atoms with Gasteiger partial charge in [0.1, 0.15) is 0 Å². The minimum atomic E-state index is -2.24. The maximum Gasteiger partial charge on any atom is 0.0869 e. The van der Waals surface area contributed by atoms with E-state index in [2.05, 4.69) is 0 Å². The van der Waals surface area contributed by atoms with Crippen LogP contribution in [0.3, 0.4) is 0 Å². The summed E-state index contributed by atoms with van der Waals surface area (Å²) in [7, 11) is -12.9. The molecule has 57 heavy (non-hydrogen) atoms. The van der Waals surface area contributed by atoms with Gasteiger partial charge in [0.05, 0.1) is 14.3 Å². The molecule has 0 bridgehead atoms. The first-order valence-corrected chi connectivity index (χ1v) is 35.5. The van der Waals surface area contributed by atoms with Gasteiger partial charge in [0.25, 0.3) is 0 Å². The lowest BCUT2D eigenvalue weighted by Gasteiger charge is -2.13. The number of nitrogens with two attached hydrogens (primary N) is 2. The van der Waals surface area contributed by atoms with Gasteiger partial charge in [-0.3, -0.25) is 26.4 Å². The molecule has 0 spiro atoms. The fourth-order valence-electron chi connectivity index (χ4n) is 0.679. The van der Waals surface area contributed by atoms with Crippen LogP contribution in [-0.2, 0) is 69.2 Å². The van der Waals surface area contributed by atoms with Gasteiger partial charge in [-0.2, -0.15) is 0 Å². The Morgan fingerprint density at radius 2 is 0.684 bits per heavy atom. The van der Waals surface area contributed by atoms with E-state index in [1.165, 1.54) is 23.5 Å². The van der Waals surface area contributed by atoms with Gasteiger partial charge in [0.2, 0.25) is 0 Å². The second kappa shape index (κ2) is 36.1. The summed E-state index contributed by atoms with van der Waals surface area (Å²) in [5.41, 5.74) is 13.5. The SMILES string of the molecule is CC(C)P(C)(C)=O.CC(C)S(C)(=O)=CN.CC(C)S(C)(=O)=CN.CC(C)[S@@](C)(=N)=O.CC(C)[S@@](C)=O.CC(C)[S@](C)(=N)=O.CC(C)[S@](C)=O.CCP(C)(=O)C(C)C. The summed E-state index contributed by atoms with van der Waals surface area (Å²) in [5.74, 6) is 0. The minimum absolute atomic E-state index is 0.00694. The van der Waals surface area contributed by atoms with Gasteiger partial charge in [-0.1, -0.05) is 118 Å². The Bertz CT molecular complexity index is 1540. The second-order valence-electron chi connectivity index (χ2n) is 16.4. The Hall–Kier alpha value is 0.620. The molecule has 0 fully saturated rings. The van der Waals surface area contributed by atoms with Gasteiger partial charge in [0, 0.05) is 132 Å². The average Bonchev–Trinajstić information content (AvgIpc) is 3.01. The van der Waals surface area contributed by atoms with Crippen LogP contribution in [0.5, 0.6) is 0 Å². The van der Waals surface area contributed by atoms with Crippen molar-refractivity contribution < 1.29 is 34.4 Å². The molecule has 7 atom stereocenters. The van der Waals surface area contributed by atoms with Gasteiger partial charge in [-0.15, -0.1) is 0 Å². The Morgan fingerprint density at radius 1 is 0.526 bits per heavy atom. The van der Waals surface area contributed by atoms with Crippen LogP contribution in [-0.4, -0.2) is 143 Å². The molecule has 12 nitrogen and oxygen atoms in total. The van der Waals surface area contributed by atoms with Gasteiger partial charge in [-0.05, 0) is 45.2 Å². The minimum Gasteiger partial charge on any atom is -0.324 e. The molecule has 0 amide bonds. The molecule has 0 aliphatic rings. The molecule has 0 aromatic heterocycles. The summed E-state index contributed by atoms with van der Waals surface area (Å²) in [4.78, 5) is 0. The fraction of sp³-hybridized carbons (Fsp3) is 0.946. The summed E-state index contributed by atoms with van der Waals surface area (Å²) in [6, 6.07) is 0. The number of hydrogen-bond acceptors (Lipinski definition) is 10. The summed E-state index contributed by atoms with van der Waals surface area (Å²) >= 11 is 0. The second-order valence-corrected chi connectivity index (χ2v) is 40.0. The van der Waals surface area contributed by atoms with Crippen molar-refractivity contribution in [2.45, 2.75) is 161 Å². The normalized spacial score (nSPS) is 17.3. The van der Waals surface area contributed by atoms with E-state index in [0.717, 1.165) is 6.16 Å². The third-order valence-corrected chi connectivity index (χ3v) is 25.5. The summed E-state index contributed by atoms with van der Waals surface area (Å²) in [6.07, 6.45) is 10.5. The van der Waals surface area contributed by atoms with E-state index >= 15 is 0 Å². The highest BCUT2D eigenvalue weighted by atomic mass is 32.2. The van der Waals surface area contributed by atoms with E-state index in [-0.39, 0.29) is 21.0 Å². The van der Waals surface area contributed by atoms with Crippen molar-refractivity contribution in [3.8, 4) is 0 Å². The highest BCUT2D eigenvalue weighted by Gasteiger charge is 2.16. The molecule has 358 valence electrons. The van der Waals surface area contributed by atoms with Crippen molar-refractivity contribution >= 4 is 85.4 Å². The third kappa shape index (κ3) is 58.8. The molecular weight excluding hydrogens is 883 g/mol. The van der Waals surface area contributed by atoms with E-state index in [4.69, 9.17) is 21.0 Å². The first-order valence-electron chi connectivity index (χ1n) is 18.9. The molecule has 3 unspecified atom stereocenters. The first-order chi connectivity index (χ1) is 24.6. The topological polar surface area (TPSA) is 236 Å². The van der Waals surface area contributed by atoms with E-state index in [1.807, 2.05) is 110 Å². The van der Waals surface area contributed by atoms with E-state index < -0.39 is 74.4 Å². The largest absolute Gasteiger partial charge is 0.324 e. The highest BCUT2D eigenvalue weighted by Crippen LogP contribution is 2.45. The molecule has 0 saturated heterocycles. The van der Waals surface area contributed by atoms with Gasteiger partial charge >= 0.3 is 0 Å². The average molecular weight is 980 g/mol. The molecule has 6 N–H and O–H groups in total. The van der Waals surface area contributed by atoms with E-state index in [0.29, 0.717) is 21.8 Å². The Balaban J connectivity index is -0.0000000804. The van der Waals surface area contributed by atoms with Crippen LogP contribution in [0.1, 0.15) is 118 Å². The lowest BCUT2D eigenvalue weighted by molar-refractivity contribution is 0.573. The van der Waals surface area contributed by atoms with Crippen LogP contribution < -0.4 is 11.5 Å². The molecule has 0 radical (unpaired) electrons. The molecule has 0 saturated carbocycles. The molecule has 0 aliphatic carbocycles. The van der Waals surface area contributed by atoms with Gasteiger partial charge in [-0.25, -0.2) is 8.42 Å². The number of hydrogen-bond donors (Lipinski definition) is 4. The zero-order valence-corrected chi connectivity index (χ0v) is 47.9. The lowest BCUT2D eigenvalue weighted by Crippen LogP contribution is -2.17. The Kier molecular flexibility index (Phi) is 47.6. The fourth-order valence-corrected chi connectivity index (χ4v) is 2.04. The summed E-state index contributed by atoms with van der Waals surface area (Å²) in [5, 5.41) is 0.954. The van der Waals surface area contributed by atoms with Crippen LogP contribution in [0.2, 0.25) is 0 Å². The molecule has 0 aliphatic heterocycles. The maximum absolute atomic E-state index is 11.3. The maximum atomic E-state index is 11.3. The quantitative estimate of drug-likeness (QED) is 0.128. The third-order valence-electron chi connectivity index (χ3n) is 8.50. The van der Waals surface area contributed by atoms with E-state index in [1.54, 1.807) is 52.7 Å². The predicted molar refractivity (Wildman–Crippen MR) is 275 cm³/mol. The van der Waals surface area contributed by atoms with Gasteiger partial charge in [0.15, 0.2) is 0 Å². The molecule has 20 heteroatoms. The Labute approximate surface area is 362 Å². The van der Waals surface area contributed by atoms with Crippen molar-refractivity contribution in [3.63, 3.8) is 0 Å². The van der Waals surface area contributed by atoms with Crippen molar-refractivity contribution in [2.24, 2.45) is 11.5 Å². The summed E-state index contributed by atoms with van der Waals surface area (Å²) in [6.45, 7) is 38.0. The van der Waals surface area contributed by atoms with Crippen LogP contribution in [0.4, 0.5) is 0 Å². The van der Waals surface area contributed by atoms with Crippen molar-refractivity contribution in [3.05, 3.63) is 0 Å². The zero-order chi connectivity index (χ0) is 48.9. The van der Waals surface area contributed by atoms with Crippen molar-refractivity contribution in [1.82, 2.24) is 0 Å². The zero-order valence-electron chi connectivity index (χ0n) is 41.2. The predicted octanol–water partition coefficient (Wildman–Crippen LogP) is 8.17. The summed E-state index contributed by atoms with van der Waals surface area (Å²) < 4.78 is 99.8. The van der Waals surface area contributed by atoms with Crippen LogP contribution in [0.25, 0.3) is 0 Å². The number of rotatable bonds is 9. The van der Waals surface area contributed by atoms with Crippen LogP contribution in [0.15, 0.2) is 0 Å². The number of nitrogens with one attached hydrogen (secondary N) is 2. The Morgan fingerprint density at radius 3 is 0.684 bits per heavy atom. The van der Waals surface area contributed by atoms with Crippen LogP contribution >= 0.6 is 14.3 Å². The van der Waals surface area contributed by atoms with Gasteiger partial charge < -0.3 is 20.6 Å². The molecule has 0 aromatic carbocycles. The molecule has 0 heterocycles. The van der Waals surface area contributed by atoms with Crippen LogP contribution in [0, 0.1) is 9.56 Å². The standard InChI is InChI=1S/C6H15OP.2C5H13NOS.C5H13OP.2C4H11NOS.2C4H10OS/c1-5-8(4,7)6(2)3;2*1-5(2)8(3,7)4-6;1-5(2)7(3,4)6;2*1-4(2)7(3,5)6;2*1-4(2)6(3)5/h6H,5H2,1-4H3;2*4-5H,6H2,1-3H3;5H,1-4H3;2*4-5H,1-3H3;2*4H,1-3H3/t;;;;2*7-;2*6-/m....1010/s1. The van der Waals surface area contributed by atoms with Crippen molar-refractivity contribution in [2.75, 3.05) is 63.7 Å². The molecule has 0 rings (SSSR count).